The van der Waals surface area contributed by atoms with Gasteiger partial charge in [0.15, 0.2) is 0 Å². The van der Waals surface area contributed by atoms with Gasteiger partial charge >= 0.3 is 0 Å². The average Bonchev–Trinajstić information content (AvgIpc) is 3.45. The molecule has 0 radical (unpaired) electrons. The van der Waals surface area contributed by atoms with Gasteiger partial charge in [0.2, 0.25) is 16.9 Å². The molecule has 2 aromatic carbocycles. The lowest BCUT2D eigenvalue weighted by molar-refractivity contribution is -0.138. The van der Waals surface area contributed by atoms with Crippen LogP contribution in [0, 0.1) is 0 Å². The summed E-state index contributed by atoms with van der Waals surface area (Å²) in [6.07, 6.45) is 2.16. The molecular weight excluding hydrogens is 476 g/mol. The normalized spacial score (nSPS) is 16.8. The molecule has 31 heavy (non-hydrogen) atoms. The lowest BCUT2D eigenvalue weighted by Crippen LogP contribution is -2.45. The summed E-state index contributed by atoms with van der Waals surface area (Å²) in [6, 6.07) is 17.1. The van der Waals surface area contributed by atoms with Crippen molar-refractivity contribution in [1.29, 1.82) is 0 Å². The molecule has 0 spiro atoms. The van der Waals surface area contributed by atoms with Crippen LogP contribution < -0.4 is 5.32 Å². The summed E-state index contributed by atoms with van der Waals surface area (Å²) in [4.78, 5) is 28.0. The van der Waals surface area contributed by atoms with Crippen LogP contribution in [0.5, 0.6) is 0 Å². The van der Waals surface area contributed by atoms with E-state index in [2.05, 4.69) is 31.4 Å². The molecule has 1 aromatic heterocycles. The number of halogens is 1. The van der Waals surface area contributed by atoms with Crippen molar-refractivity contribution in [2.45, 2.75) is 38.1 Å². The number of benzene rings is 2. The lowest BCUT2D eigenvalue weighted by atomic mass is 9.94. The fourth-order valence-corrected chi connectivity index (χ4v) is 5.08. The Bertz CT molecular complexity index is 1070. The van der Waals surface area contributed by atoms with Crippen LogP contribution in [0.15, 0.2) is 59.1 Å². The third kappa shape index (κ3) is 4.85. The Hall–Kier alpha value is -2.58. The van der Waals surface area contributed by atoms with Crippen molar-refractivity contribution < 1.29 is 9.59 Å². The Morgan fingerprint density at radius 2 is 2.00 bits per heavy atom. The summed E-state index contributed by atoms with van der Waals surface area (Å²) in [6.45, 7) is 2.60. The van der Waals surface area contributed by atoms with Crippen molar-refractivity contribution in [1.82, 2.24) is 15.1 Å². The first-order valence-corrected chi connectivity index (χ1v) is 11.9. The molecule has 8 heteroatoms. The van der Waals surface area contributed by atoms with Gasteiger partial charge < -0.3 is 4.90 Å². The number of rotatable bonds is 6. The molecule has 1 saturated heterocycles. The maximum absolute atomic E-state index is 13.3. The van der Waals surface area contributed by atoms with Crippen molar-refractivity contribution in [2.24, 2.45) is 0 Å². The monoisotopic (exact) mass is 498 g/mol. The molecule has 2 atom stereocenters. The Kier molecular flexibility index (Phi) is 6.77. The van der Waals surface area contributed by atoms with Crippen LogP contribution in [0.2, 0.25) is 0 Å². The summed E-state index contributed by atoms with van der Waals surface area (Å²) >= 11 is 4.78. The topological polar surface area (TPSA) is 75.2 Å². The smallest absolute Gasteiger partial charge is 0.249 e. The highest BCUT2D eigenvalue weighted by Gasteiger charge is 2.37. The molecule has 2 unspecified atom stereocenters. The Morgan fingerprint density at radius 1 is 1.19 bits per heavy atom. The van der Waals surface area contributed by atoms with Crippen molar-refractivity contribution in [3.63, 3.8) is 0 Å². The summed E-state index contributed by atoms with van der Waals surface area (Å²) in [5.74, 6) is -0.427. The summed E-state index contributed by atoms with van der Waals surface area (Å²) in [5.41, 5.74) is 1.92. The van der Waals surface area contributed by atoms with Crippen LogP contribution in [0.1, 0.15) is 37.7 Å². The molecular formula is C23H23BrN4O2S. The summed E-state index contributed by atoms with van der Waals surface area (Å²) in [7, 11) is 0. The van der Waals surface area contributed by atoms with Gasteiger partial charge in [-0.15, -0.1) is 10.2 Å². The van der Waals surface area contributed by atoms with Crippen LogP contribution in [0.4, 0.5) is 5.13 Å². The zero-order valence-electron chi connectivity index (χ0n) is 17.1. The molecule has 1 aliphatic rings. The first-order chi connectivity index (χ1) is 15.1. The number of nitrogens with one attached hydrogen (secondary N) is 1. The second-order valence-corrected chi connectivity index (χ2v) is 9.37. The minimum atomic E-state index is -0.483. The van der Waals surface area contributed by atoms with Crippen LogP contribution >= 0.6 is 27.3 Å². The van der Waals surface area contributed by atoms with Gasteiger partial charge in [-0.25, -0.2) is 0 Å². The van der Waals surface area contributed by atoms with Crippen LogP contribution in [-0.4, -0.2) is 39.5 Å². The van der Waals surface area contributed by atoms with Gasteiger partial charge in [-0.05, 0) is 37.0 Å². The molecule has 0 bridgehead atoms. The van der Waals surface area contributed by atoms with Gasteiger partial charge in [-0.2, -0.15) is 0 Å². The first-order valence-electron chi connectivity index (χ1n) is 10.3. The van der Waals surface area contributed by atoms with Crippen molar-refractivity contribution >= 4 is 44.2 Å². The van der Waals surface area contributed by atoms with Gasteiger partial charge in [0.05, 0.1) is 5.92 Å². The number of carbonyl (C=O) groups excluding carboxylic acids is 2. The molecule has 1 fully saturated rings. The minimum Gasteiger partial charge on any atom is -0.330 e. The predicted molar refractivity (Wildman–Crippen MR) is 126 cm³/mol. The second-order valence-electron chi connectivity index (χ2n) is 7.47. The number of nitrogens with zero attached hydrogens (tertiary/aromatic N) is 3. The quantitative estimate of drug-likeness (QED) is 0.513. The summed E-state index contributed by atoms with van der Waals surface area (Å²) in [5, 5.41) is 12.4. The van der Waals surface area contributed by atoms with Crippen molar-refractivity contribution in [3.05, 3.63) is 64.6 Å². The predicted octanol–water partition coefficient (Wildman–Crippen LogP) is 5.09. The standard InChI is InChI=1S/C23H23BrN4O2S/c1-2-18(15-8-4-3-5-9-15)22(30)28-13-7-12-19(28)20(29)25-23-27-26-21(31-23)16-10-6-11-17(24)14-16/h3-6,8-11,14,18-19H,2,7,12-13H2,1H3,(H,25,27,29). The van der Waals surface area contributed by atoms with E-state index in [0.29, 0.717) is 24.5 Å². The third-order valence-electron chi connectivity index (χ3n) is 5.47. The van der Waals surface area contributed by atoms with Crippen LogP contribution in [0.3, 0.4) is 0 Å². The molecule has 2 amide bonds. The molecule has 160 valence electrons. The van der Waals surface area contributed by atoms with Crippen LogP contribution in [0.25, 0.3) is 10.6 Å². The highest BCUT2D eigenvalue weighted by molar-refractivity contribution is 9.10. The van der Waals surface area contributed by atoms with E-state index in [0.717, 1.165) is 27.0 Å². The van der Waals surface area contributed by atoms with Crippen LogP contribution in [-0.2, 0) is 9.59 Å². The molecule has 2 heterocycles. The molecule has 0 saturated carbocycles. The average molecular weight is 499 g/mol. The largest absolute Gasteiger partial charge is 0.330 e. The maximum atomic E-state index is 13.3. The first kappa shape index (κ1) is 21.6. The van der Waals surface area contributed by atoms with E-state index in [4.69, 9.17) is 0 Å². The SMILES string of the molecule is CCC(C(=O)N1CCCC1C(=O)Nc1nnc(-c2cccc(Br)c2)s1)c1ccccc1. The summed E-state index contributed by atoms with van der Waals surface area (Å²) < 4.78 is 0.954. The van der Waals surface area contributed by atoms with Crippen molar-refractivity contribution in [3.8, 4) is 10.6 Å². The molecule has 6 nitrogen and oxygen atoms in total. The number of amides is 2. The van der Waals surface area contributed by atoms with E-state index in [9.17, 15) is 9.59 Å². The lowest BCUT2D eigenvalue weighted by Gasteiger charge is -2.27. The number of hydrogen-bond donors (Lipinski definition) is 1. The zero-order valence-corrected chi connectivity index (χ0v) is 19.5. The van der Waals surface area contributed by atoms with E-state index in [1.165, 1.54) is 11.3 Å². The molecule has 0 aliphatic carbocycles. The fraction of sp³-hybridized carbons (Fsp3) is 0.304. The van der Waals surface area contributed by atoms with Gasteiger partial charge in [0, 0.05) is 16.6 Å². The number of likely N-dealkylation sites (tertiary alicyclic amines) is 1. The fourth-order valence-electron chi connectivity index (χ4n) is 3.94. The van der Waals surface area contributed by atoms with E-state index < -0.39 is 6.04 Å². The van der Waals surface area contributed by atoms with E-state index in [1.807, 2.05) is 61.5 Å². The van der Waals surface area contributed by atoms with E-state index in [1.54, 1.807) is 4.90 Å². The maximum Gasteiger partial charge on any atom is 0.249 e. The van der Waals surface area contributed by atoms with Gasteiger partial charge in [-0.1, -0.05) is 76.7 Å². The highest BCUT2D eigenvalue weighted by atomic mass is 79.9. The Morgan fingerprint density at radius 3 is 2.74 bits per heavy atom. The number of carbonyl (C=O) groups is 2. The second kappa shape index (κ2) is 9.70. The molecule has 1 N–H and O–H groups in total. The number of anilines is 1. The minimum absolute atomic E-state index is 0.0124. The van der Waals surface area contributed by atoms with Gasteiger partial charge in [0.1, 0.15) is 11.0 Å². The molecule has 4 rings (SSSR count). The highest BCUT2D eigenvalue weighted by Crippen LogP contribution is 2.30. The van der Waals surface area contributed by atoms with E-state index >= 15 is 0 Å². The van der Waals surface area contributed by atoms with Crippen molar-refractivity contribution in [2.75, 3.05) is 11.9 Å². The zero-order chi connectivity index (χ0) is 21.8. The Labute approximate surface area is 193 Å². The number of aromatic nitrogens is 2. The van der Waals surface area contributed by atoms with Gasteiger partial charge in [-0.3, -0.25) is 14.9 Å². The van der Waals surface area contributed by atoms with E-state index in [-0.39, 0.29) is 17.7 Å². The Balaban J connectivity index is 1.46. The third-order valence-corrected chi connectivity index (χ3v) is 6.85. The molecule has 3 aromatic rings. The number of hydrogen-bond acceptors (Lipinski definition) is 5. The molecule has 1 aliphatic heterocycles. The van der Waals surface area contributed by atoms with Gasteiger partial charge in [0.25, 0.3) is 0 Å².